The van der Waals surface area contributed by atoms with Crippen LogP contribution >= 0.6 is 11.6 Å². The van der Waals surface area contributed by atoms with Crippen LogP contribution in [-0.4, -0.2) is 40.6 Å². The van der Waals surface area contributed by atoms with Gasteiger partial charge >= 0.3 is 0 Å². The van der Waals surface area contributed by atoms with Gasteiger partial charge in [0, 0.05) is 25.2 Å². The van der Waals surface area contributed by atoms with Gasteiger partial charge in [-0.25, -0.2) is 8.42 Å². The van der Waals surface area contributed by atoms with Crippen molar-refractivity contribution >= 4 is 44.6 Å². The molecule has 4 rings (SSSR count). The molecule has 33 heavy (non-hydrogen) atoms. The van der Waals surface area contributed by atoms with Gasteiger partial charge in [0.2, 0.25) is 5.91 Å². The third-order valence-corrected chi connectivity index (χ3v) is 7.93. The highest BCUT2D eigenvalue weighted by Gasteiger charge is 2.25. The number of carbonyl (C=O) groups excluding carboxylic acids is 1. The largest absolute Gasteiger partial charge is 0.378 e. The second-order valence-corrected chi connectivity index (χ2v) is 10.7. The fraction of sp³-hybridized carbons (Fsp3) is 0.458. The normalized spacial score (nSPS) is 17.5. The number of hydrogen-bond acceptors (Lipinski definition) is 5. The molecule has 7 nitrogen and oxygen atoms in total. The lowest BCUT2D eigenvalue weighted by Crippen LogP contribution is -2.37. The number of amides is 1. The highest BCUT2D eigenvalue weighted by molar-refractivity contribution is 7.93. The van der Waals surface area contributed by atoms with Gasteiger partial charge in [0.25, 0.3) is 10.0 Å². The third-order valence-electron chi connectivity index (χ3n) is 6.20. The molecule has 1 saturated carbocycles. The van der Waals surface area contributed by atoms with E-state index in [1.54, 1.807) is 36.4 Å². The van der Waals surface area contributed by atoms with Gasteiger partial charge < -0.3 is 15.0 Å². The molecule has 1 saturated heterocycles. The van der Waals surface area contributed by atoms with E-state index >= 15 is 0 Å². The molecule has 178 valence electrons. The minimum absolute atomic E-state index is 0.0802. The van der Waals surface area contributed by atoms with Crippen LogP contribution in [0.5, 0.6) is 0 Å². The lowest BCUT2D eigenvalue weighted by atomic mass is 9.87. The van der Waals surface area contributed by atoms with Gasteiger partial charge in [-0.05, 0) is 49.1 Å². The Bertz CT molecular complexity index is 1080. The number of sulfonamides is 1. The van der Waals surface area contributed by atoms with Gasteiger partial charge in [-0.2, -0.15) is 0 Å². The Morgan fingerprint density at radius 1 is 1.06 bits per heavy atom. The number of benzene rings is 2. The quantitative estimate of drug-likeness (QED) is 0.576. The summed E-state index contributed by atoms with van der Waals surface area (Å²) in [5.74, 6) is 0.319. The number of para-hydroxylation sites is 1. The van der Waals surface area contributed by atoms with E-state index in [1.807, 2.05) is 4.90 Å². The second kappa shape index (κ2) is 10.8. The number of rotatable bonds is 7. The molecule has 0 spiro atoms. The van der Waals surface area contributed by atoms with Crippen molar-refractivity contribution in [2.24, 2.45) is 5.92 Å². The zero-order valence-electron chi connectivity index (χ0n) is 18.6. The molecule has 9 heteroatoms. The molecule has 0 aromatic heterocycles. The van der Waals surface area contributed by atoms with Crippen molar-refractivity contribution in [1.29, 1.82) is 0 Å². The van der Waals surface area contributed by atoms with Crippen molar-refractivity contribution in [1.82, 2.24) is 0 Å². The van der Waals surface area contributed by atoms with Gasteiger partial charge in [-0.1, -0.05) is 43.0 Å². The highest BCUT2D eigenvalue weighted by atomic mass is 35.5. The Hall–Kier alpha value is -2.29. The molecule has 0 radical (unpaired) electrons. The Kier molecular flexibility index (Phi) is 7.78. The molecule has 0 bridgehead atoms. The Labute approximate surface area is 200 Å². The van der Waals surface area contributed by atoms with Gasteiger partial charge in [-0.3, -0.25) is 9.52 Å². The van der Waals surface area contributed by atoms with Crippen LogP contribution in [0.1, 0.15) is 38.5 Å². The fourth-order valence-corrected chi connectivity index (χ4v) is 6.05. The SMILES string of the molecule is O=C(CC1CCCCC1)Nc1ccc(N2CCOCC2)c(S(=O)(=O)Nc2ccccc2Cl)c1. The summed E-state index contributed by atoms with van der Waals surface area (Å²) < 4.78 is 34.9. The number of anilines is 3. The first-order chi connectivity index (χ1) is 15.9. The van der Waals surface area contributed by atoms with Crippen molar-refractivity contribution in [3.05, 3.63) is 47.5 Å². The summed E-state index contributed by atoms with van der Waals surface area (Å²) >= 11 is 6.19. The molecule has 2 fully saturated rings. The van der Waals surface area contributed by atoms with E-state index in [4.69, 9.17) is 16.3 Å². The number of ether oxygens (including phenoxy) is 1. The number of hydrogen-bond donors (Lipinski definition) is 2. The minimum atomic E-state index is -3.97. The van der Waals surface area contributed by atoms with Crippen molar-refractivity contribution in [2.75, 3.05) is 41.2 Å². The molecule has 1 aliphatic heterocycles. The zero-order valence-corrected chi connectivity index (χ0v) is 20.1. The van der Waals surface area contributed by atoms with E-state index in [0.29, 0.717) is 60.7 Å². The van der Waals surface area contributed by atoms with E-state index in [-0.39, 0.29) is 10.8 Å². The molecule has 1 aliphatic carbocycles. The number of carbonyl (C=O) groups is 1. The average molecular weight is 492 g/mol. The van der Waals surface area contributed by atoms with Crippen LogP contribution in [0, 0.1) is 5.92 Å². The lowest BCUT2D eigenvalue weighted by molar-refractivity contribution is -0.117. The lowest BCUT2D eigenvalue weighted by Gasteiger charge is -2.30. The molecule has 0 unspecified atom stereocenters. The average Bonchev–Trinajstić information content (AvgIpc) is 2.81. The standard InChI is InChI=1S/C24H30ClN3O4S/c25-20-8-4-5-9-21(20)27-33(30,31)23-17-19(10-11-22(23)28-12-14-32-15-13-28)26-24(29)16-18-6-2-1-3-7-18/h4-5,8-11,17-18,27H,1-3,6-7,12-16H2,(H,26,29). The number of morpholine rings is 1. The van der Waals surface area contributed by atoms with Gasteiger partial charge in [0.15, 0.2) is 0 Å². The predicted octanol–water partition coefficient (Wildman–Crippen LogP) is 4.89. The first-order valence-corrected chi connectivity index (χ1v) is 13.3. The summed E-state index contributed by atoms with van der Waals surface area (Å²) in [5, 5.41) is 3.22. The molecule has 1 heterocycles. The van der Waals surface area contributed by atoms with Crippen molar-refractivity contribution < 1.29 is 17.9 Å². The van der Waals surface area contributed by atoms with E-state index in [0.717, 1.165) is 12.8 Å². The second-order valence-electron chi connectivity index (χ2n) is 8.62. The van der Waals surface area contributed by atoms with Crippen LogP contribution < -0.4 is 14.9 Å². The molecule has 2 aliphatic rings. The van der Waals surface area contributed by atoms with E-state index in [9.17, 15) is 13.2 Å². The molecule has 0 atom stereocenters. The zero-order chi connectivity index (χ0) is 23.3. The first-order valence-electron chi connectivity index (χ1n) is 11.5. The molecule has 2 aromatic rings. The number of nitrogens with one attached hydrogen (secondary N) is 2. The maximum atomic E-state index is 13.4. The molecule has 2 aromatic carbocycles. The van der Waals surface area contributed by atoms with E-state index in [1.165, 1.54) is 25.3 Å². The van der Waals surface area contributed by atoms with Crippen molar-refractivity contribution in [3.8, 4) is 0 Å². The van der Waals surface area contributed by atoms with Crippen LogP contribution in [0.15, 0.2) is 47.4 Å². The Morgan fingerprint density at radius 3 is 2.52 bits per heavy atom. The molecule has 1 amide bonds. The smallest absolute Gasteiger partial charge is 0.264 e. The van der Waals surface area contributed by atoms with Crippen molar-refractivity contribution in [3.63, 3.8) is 0 Å². The summed E-state index contributed by atoms with van der Waals surface area (Å²) in [6.45, 7) is 2.22. The third kappa shape index (κ3) is 6.19. The van der Waals surface area contributed by atoms with Crippen LogP contribution in [0.2, 0.25) is 5.02 Å². The topological polar surface area (TPSA) is 87.7 Å². The maximum absolute atomic E-state index is 13.4. The summed E-state index contributed by atoms with van der Waals surface area (Å²) in [4.78, 5) is 14.7. The van der Waals surface area contributed by atoms with Crippen LogP contribution in [0.4, 0.5) is 17.1 Å². The van der Waals surface area contributed by atoms with Crippen LogP contribution in [0.25, 0.3) is 0 Å². The molecule has 2 N–H and O–H groups in total. The van der Waals surface area contributed by atoms with Crippen LogP contribution in [0.3, 0.4) is 0 Å². The Morgan fingerprint density at radius 2 is 1.79 bits per heavy atom. The fourth-order valence-electron chi connectivity index (χ4n) is 4.48. The van der Waals surface area contributed by atoms with E-state index in [2.05, 4.69) is 10.0 Å². The van der Waals surface area contributed by atoms with E-state index < -0.39 is 10.0 Å². The van der Waals surface area contributed by atoms with Crippen LogP contribution in [-0.2, 0) is 19.6 Å². The highest BCUT2D eigenvalue weighted by Crippen LogP contribution is 2.33. The predicted molar refractivity (Wildman–Crippen MR) is 132 cm³/mol. The summed E-state index contributed by atoms with van der Waals surface area (Å²) in [6.07, 6.45) is 6.19. The van der Waals surface area contributed by atoms with Gasteiger partial charge in [-0.15, -0.1) is 0 Å². The summed E-state index contributed by atoms with van der Waals surface area (Å²) in [7, 11) is -3.97. The molecular weight excluding hydrogens is 462 g/mol. The van der Waals surface area contributed by atoms with Gasteiger partial charge in [0.1, 0.15) is 4.90 Å². The summed E-state index contributed by atoms with van der Waals surface area (Å²) in [5.41, 5.74) is 1.34. The maximum Gasteiger partial charge on any atom is 0.264 e. The number of halogens is 1. The monoisotopic (exact) mass is 491 g/mol. The Balaban J connectivity index is 1.60. The summed E-state index contributed by atoms with van der Waals surface area (Å²) in [6, 6.07) is 11.7. The minimum Gasteiger partial charge on any atom is -0.378 e. The van der Waals surface area contributed by atoms with Gasteiger partial charge in [0.05, 0.1) is 29.6 Å². The first kappa shape index (κ1) is 23.9. The van der Waals surface area contributed by atoms with Crippen molar-refractivity contribution in [2.45, 2.75) is 43.4 Å². The number of nitrogens with zero attached hydrogens (tertiary/aromatic N) is 1. The molecular formula is C24H30ClN3O4S.